The molecule has 8 heteroatoms. The van der Waals surface area contributed by atoms with Crippen LogP contribution in [0.3, 0.4) is 0 Å². The number of thiophene rings is 1. The molecule has 2 rings (SSSR count). The summed E-state index contributed by atoms with van der Waals surface area (Å²) in [5.74, 6) is 0.841. The van der Waals surface area contributed by atoms with Gasteiger partial charge in [0.05, 0.1) is 25.9 Å². The van der Waals surface area contributed by atoms with Crippen LogP contribution < -0.4 is 14.8 Å². The van der Waals surface area contributed by atoms with E-state index in [0.29, 0.717) is 39.5 Å². The summed E-state index contributed by atoms with van der Waals surface area (Å²) >= 11 is 1.03. The minimum Gasteiger partial charge on any atom is -0.493 e. The highest BCUT2D eigenvalue weighted by atomic mass is 32.1. The van der Waals surface area contributed by atoms with Gasteiger partial charge in [-0.05, 0) is 55.5 Å². The molecule has 32 heavy (non-hydrogen) atoms. The molecular weight excluding hydrogens is 428 g/mol. The molecule has 1 amide bonds. The standard InChI is InChI=1S/C24H28N2O5S/c1-6-30-24(28)22-16(4)18(14-25)23(32-22)26-21(27)10-8-17-7-9-19(20(13-17)29-5)31-12-11-15(2)3/h7-10,13,15H,6,11-12H2,1-5H3,(H,26,27). The van der Waals surface area contributed by atoms with Gasteiger partial charge in [0.2, 0.25) is 5.91 Å². The molecule has 0 saturated carbocycles. The van der Waals surface area contributed by atoms with Gasteiger partial charge in [-0.25, -0.2) is 4.79 Å². The fourth-order valence-corrected chi connectivity index (χ4v) is 3.82. The summed E-state index contributed by atoms with van der Waals surface area (Å²) in [5, 5.41) is 12.4. The Hall–Kier alpha value is -3.31. The van der Waals surface area contributed by atoms with Crippen LogP contribution in [0.1, 0.15) is 53.6 Å². The first-order chi connectivity index (χ1) is 15.3. The second-order valence-electron chi connectivity index (χ2n) is 7.36. The van der Waals surface area contributed by atoms with Gasteiger partial charge in [-0.3, -0.25) is 4.79 Å². The number of benzene rings is 1. The SMILES string of the molecule is CCOC(=O)c1sc(NC(=O)C=Cc2ccc(OCCC(C)C)c(OC)c2)c(C#N)c1C. The molecule has 7 nitrogen and oxygen atoms in total. The number of nitrogens with one attached hydrogen (secondary N) is 1. The van der Waals surface area contributed by atoms with E-state index in [0.717, 1.165) is 23.3 Å². The third kappa shape index (κ3) is 6.59. The highest BCUT2D eigenvalue weighted by Gasteiger charge is 2.21. The van der Waals surface area contributed by atoms with Gasteiger partial charge in [0.1, 0.15) is 15.9 Å². The predicted molar refractivity (Wildman–Crippen MR) is 125 cm³/mol. The van der Waals surface area contributed by atoms with Gasteiger partial charge in [-0.2, -0.15) is 5.26 Å². The zero-order valence-electron chi connectivity index (χ0n) is 19.0. The molecule has 0 bridgehead atoms. The number of hydrogen-bond donors (Lipinski definition) is 1. The van der Waals surface area contributed by atoms with Gasteiger partial charge < -0.3 is 19.5 Å². The number of rotatable bonds is 10. The second kappa shape index (κ2) is 11.9. The van der Waals surface area contributed by atoms with E-state index in [2.05, 4.69) is 19.2 Å². The molecule has 2 aromatic rings. The van der Waals surface area contributed by atoms with Gasteiger partial charge in [0.15, 0.2) is 11.5 Å². The molecule has 170 valence electrons. The Balaban J connectivity index is 2.11. The summed E-state index contributed by atoms with van der Waals surface area (Å²) in [6.07, 6.45) is 3.93. The van der Waals surface area contributed by atoms with E-state index in [9.17, 15) is 14.9 Å². The van der Waals surface area contributed by atoms with Crippen molar-refractivity contribution in [2.24, 2.45) is 5.92 Å². The number of carbonyl (C=O) groups is 2. The van der Waals surface area contributed by atoms with Crippen LogP contribution in [0.25, 0.3) is 6.08 Å². The molecule has 0 radical (unpaired) electrons. The van der Waals surface area contributed by atoms with Crippen LogP contribution >= 0.6 is 11.3 Å². The third-order valence-corrected chi connectivity index (χ3v) is 5.71. The molecule has 0 saturated heterocycles. The highest BCUT2D eigenvalue weighted by Crippen LogP contribution is 2.33. The van der Waals surface area contributed by atoms with Crippen molar-refractivity contribution in [2.75, 3.05) is 25.6 Å². The van der Waals surface area contributed by atoms with E-state index in [1.54, 1.807) is 39.2 Å². The lowest BCUT2D eigenvalue weighted by molar-refractivity contribution is -0.111. The van der Waals surface area contributed by atoms with E-state index in [1.165, 1.54) is 6.08 Å². The fourth-order valence-electron chi connectivity index (χ4n) is 2.76. The van der Waals surface area contributed by atoms with Crippen molar-refractivity contribution in [2.45, 2.75) is 34.1 Å². The van der Waals surface area contributed by atoms with Crippen LogP contribution in [0.2, 0.25) is 0 Å². The van der Waals surface area contributed by atoms with Crippen molar-refractivity contribution in [3.8, 4) is 17.6 Å². The number of carbonyl (C=O) groups excluding carboxylic acids is 2. The normalized spacial score (nSPS) is 10.8. The lowest BCUT2D eigenvalue weighted by Gasteiger charge is -2.12. The number of anilines is 1. The molecule has 0 spiro atoms. The lowest BCUT2D eigenvalue weighted by atomic mass is 10.1. The summed E-state index contributed by atoms with van der Waals surface area (Å²) in [7, 11) is 1.56. The predicted octanol–water partition coefficient (Wildman–Crippen LogP) is 5.19. The molecule has 0 unspecified atom stereocenters. The first-order valence-corrected chi connectivity index (χ1v) is 11.1. The van der Waals surface area contributed by atoms with Crippen molar-refractivity contribution in [3.63, 3.8) is 0 Å². The Labute approximate surface area is 192 Å². The van der Waals surface area contributed by atoms with Gasteiger partial charge in [0, 0.05) is 6.08 Å². The number of nitrogens with zero attached hydrogens (tertiary/aromatic N) is 1. The molecule has 1 heterocycles. The highest BCUT2D eigenvalue weighted by molar-refractivity contribution is 7.18. The second-order valence-corrected chi connectivity index (χ2v) is 8.38. The van der Waals surface area contributed by atoms with E-state index in [-0.39, 0.29) is 12.2 Å². The number of hydrogen-bond acceptors (Lipinski definition) is 7. The van der Waals surface area contributed by atoms with Crippen LogP contribution in [0, 0.1) is 24.2 Å². The maximum atomic E-state index is 12.4. The smallest absolute Gasteiger partial charge is 0.348 e. The van der Waals surface area contributed by atoms with E-state index in [1.807, 2.05) is 12.1 Å². The Morgan fingerprint density at radius 2 is 2.03 bits per heavy atom. The molecule has 1 aromatic heterocycles. The maximum Gasteiger partial charge on any atom is 0.348 e. The van der Waals surface area contributed by atoms with Crippen LogP contribution in [-0.4, -0.2) is 32.2 Å². The third-order valence-electron chi connectivity index (χ3n) is 4.52. The molecule has 0 aliphatic heterocycles. The van der Waals surface area contributed by atoms with Crippen LogP contribution in [0.4, 0.5) is 5.00 Å². The topological polar surface area (TPSA) is 97.7 Å². The summed E-state index contributed by atoms with van der Waals surface area (Å²) in [4.78, 5) is 24.8. The quantitative estimate of drug-likeness (QED) is 0.390. The number of ether oxygens (including phenoxy) is 3. The number of esters is 1. The van der Waals surface area contributed by atoms with Crippen LogP contribution in [-0.2, 0) is 9.53 Å². The van der Waals surface area contributed by atoms with Crippen LogP contribution in [0.5, 0.6) is 11.5 Å². The van der Waals surface area contributed by atoms with Gasteiger partial charge in [-0.1, -0.05) is 19.9 Å². The van der Waals surface area contributed by atoms with Crippen molar-refractivity contribution in [1.29, 1.82) is 5.26 Å². The molecular formula is C24H28N2O5S. The molecule has 0 aliphatic carbocycles. The largest absolute Gasteiger partial charge is 0.493 e. The van der Waals surface area contributed by atoms with Crippen molar-refractivity contribution in [3.05, 3.63) is 45.8 Å². The molecule has 1 aromatic carbocycles. The van der Waals surface area contributed by atoms with Crippen molar-refractivity contribution < 1.29 is 23.8 Å². The Morgan fingerprint density at radius 1 is 1.28 bits per heavy atom. The van der Waals surface area contributed by atoms with Gasteiger partial charge >= 0.3 is 5.97 Å². The van der Waals surface area contributed by atoms with E-state index < -0.39 is 11.9 Å². The molecule has 0 atom stereocenters. The first kappa shape index (κ1) is 25.0. The molecule has 0 fully saturated rings. The zero-order valence-corrected chi connectivity index (χ0v) is 19.8. The van der Waals surface area contributed by atoms with Crippen molar-refractivity contribution >= 4 is 34.3 Å². The fraction of sp³-hybridized carbons (Fsp3) is 0.375. The van der Waals surface area contributed by atoms with E-state index in [4.69, 9.17) is 14.2 Å². The van der Waals surface area contributed by atoms with Crippen molar-refractivity contribution in [1.82, 2.24) is 0 Å². The molecule has 1 N–H and O–H groups in total. The molecule has 0 aliphatic rings. The summed E-state index contributed by atoms with van der Waals surface area (Å²) in [5.41, 5.74) is 1.50. The Morgan fingerprint density at radius 3 is 2.66 bits per heavy atom. The number of nitriles is 1. The Bertz CT molecular complexity index is 1030. The summed E-state index contributed by atoms with van der Waals surface area (Å²) in [6.45, 7) is 8.46. The average molecular weight is 457 g/mol. The van der Waals surface area contributed by atoms with Gasteiger partial charge in [-0.15, -0.1) is 11.3 Å². The Kier molecular flexibility index (Phi) is 9.29. The average Bonchev–Trinajstić information content (AvgIpc) is 3.07. The lowest BCUT2D eigenvalue weighted by Crippen LogP contribution is -2.07. The number of amides is 1. The van der Waals surface area contributed by atoms with Crippen LogP contribution in [0.15, 0.2) is 24.3 Å². The minimum atomic E-state index is -0.509. The van der Waals surface area contributed by atoms with E-state index >= 15 is 0 Å². The zero-order chi connectivity index (χ0) is 23.7. The maximum absolute atomic E-state index is 12.4. The summed E-state index contributed by atoms with van der Waals surface area (Å²) in [6, 6.07) is 7.45. The van der Waals surface area contributed by atoms with Gasteiger partial charge in [0.25, 0.3) is 0 Å². The first-order valence-electron chi connectivity index (χ1n) is 10.3. The monoisotopic (exact) mass is 456 g/mol. The number of methoxy groups -OCH3 is 1. The summed E-state index contributed by atoms with van der Waals surface area (Å²) < 4.78 is 16.2. The minimum absolute atomic E-state index is 0.230.